The van der Waals surface area contributed by atoms with Crippen molar-refractivity contribution in [2.24, 2.45) is 5.92 Å². The highest BCUT2D eigenvalue weighted by Gasteiger charge is 2.20. The molecule has 1 aromatic rings. The molecule has 0 heterocycles. The molecular formula is C16H23NO2. The minimum Gasteiger partial charge on any atom is -0.480 e. The third-order valence-corrected chi connectivity index (χ3v) is 3.96. The number of hydrogen-bond donors (Lipinski definition) is 2. The van der Waals surface area contributed by atoms with E-state index in [1.54, 1.807) is 0 Å². The van der Waals surface area contributed by atoms with Gasteiger partial charge in [0.2, 0.25) is 0 Å². The van der Waals surface area contributed by atoms with Crippen molar-refractivity contribution in [1.82, 2.24) is 5.32 Å². The molecule has 19 heavy (non-hydrogen) atoms. The van der Waals surface area contributed by atoms with Gasteiger partial charge < -0.3 is 10.4 Å². The van der Waals surface area contributed by atoms with E-state index in [9.17, 15) is 9.90 Å². The van der Waals surface area contributed by atoms with Gasteiger partial charge in [0.15, 0.2) is 0 Å². The van der Waals surface area contributed by atoms with Crippen LogP contribution in [-0.4, -0.2) is 23.7 Å². The average Bonchev–Trinajstić information content (AvgIpc) is 2.45. The molecule has 2 N–H and O–H groups in total. The quantitative estimate of drug-likeness (QED) is 0.828. The number of hydrogen-bond acceptors (Lipinski definition) is 2. The average molecular weight is 261 g/mol. The highest BCUT2D eigenvalue weighted by Crippen LogP contribution is 2.22. The third kappa shape index (κ3) is 4.67. The lowest BCUT2D eigenvalue weighted by Gasteiger charge is -2.24. The highest BCUT2D eigenvalue weighted by atomic mass is 16.4. The summed E-state index contributed by atoms with van der Waals surface area (Å²) in [5.74, 6) is -0.0916. The van der Waals surface area contributed by atoms with Gasteiger partial charge in [0, 0.05) is 0 Å². The third-order valence-electron chi connectivity index (χ3n) is 3.96. The van der Waals surface area contributed by atoms with Crippen molar-refractivity contribution < 1.29 is 9.90 Å². The van der Waals surface area contributed by atoms with Crippen molar-refractivity contribution in [3.8, 4) is 0 Å². The molecule has 1 fully saturated rings. The van der Waals surface area contributed by atoms with E-state index in [4.69, 9.17) is 0 Å². The molecule has 0 aliphatic heterocycles. The second kappa shape index (κ2) is 7.29. The molecule has 0 saturated heterocycles. The molecule has 1 aromatic carbocycles. The van der Waals surface area contributed by atoms with Crippen molar-refractivity contribution in [2.75, 3.05) is 6.54 Å². The van der Waals surface area contributed by atoms with Crippen LogP contribution >= 0.6 is 0 Å². The summed E-state index contributed by atoms with van der Waals surface area (Å²) >= 11 is 0. The normalized spacial score (nSPS) is 18.1. The zero-order valence-corrected chi connectivity index (χ0v) is 11.3. The van der Waals surface area contributed by atoms with Crippen LogP contribution < -0.4 is 5.32 Å². The molecule has 0 spiro atoms. The van der Waals surface area contributed by atoms with E-state index >= 15 is 0 Å². The van der Waals surface area contributed by atoms with E-state index < -0.39 is 12.0 Å². The second-order valence-electron chi connectivity index (χ2n) is 5.49. The van der Waals surface area contributed by atoms with Gasteiger partial charge in [-0.2, -0.15) is 0 Å². The topological polar surface area (TPSA) is 49.3 Å². The summed E-state index contributed by atoms with van der Waals surface area (Å²) in [6, 6.07) is 9.36. The second-order valence-corrected chi connectivity index (χ2v) is 5.49. The van der Waals surface area contributed by atoms with Gasteiger partial charge in [-0.1, -0.05) is 49.6 Å². The summed E-state index contributed by atoms with van der Waals surface area (Å²) in [5.41, 5.74) is 1.08. The standard InChI is InChI=1S/C16H23NO2/c18-16(19)15(11-13-7-3-1-4-8-13)17-12-14-9-5-2-6-10-14/h1,3-4,7-8,14-15,17H,2,5-6,9-12H2,(H,18,19)/t15-/m0/s1. The molecule has 3 heteroatoms. The molecule has 1 aliphatic carbocycles. The Hall–Kier alpha value is -1.35. The van der Waals surface area contributed by atoms with E-state index in [-0.39, 0.29) is 0 Å². The van der Waals surface area contributed by atoms with Gasteiger partial charge in [-0.15, -0.1) is 0 Å². The lowest BCUT2D eigenvalue weighted by atomic mass is 9.89. The molecule has 0 bridgehead atoms. The number of rotatable bonds is 6. The summed E-state index contributed by atoms with van der Waals surface area (Å²) in [5, 5.41) is 12.5. The fraction of sp³-hybridized carbons (Fsp3) is 0.562. The Balaban J connectivity index is 1.84. The Labute approximate surface area is 115 Å². The summed E-state index contributed by atoms with van der Waals surface area (Å²) < 4.78 is 0. The van der Waals surface area contributed by atoms with Crippen LogP contribution in [0.15, 0.2) is 30.3 Å². The molecule has 0 radical (unpaired) electrons. The van der Waals surface area contributed by atoms with E-state index in [0.29, 0.717) is 12.3 Å². The highest BCUT2D eigenvalue weighted by molar-refractivity contribution is 5.73. The minimum atomic E-state index is -0.750. The zero-order valence-electron chi connectivity index (χ0n) is 11.3. The molecular weight excluding hydrogens is 238 g/mol. The largest absolute Gasteiger partial charge is 0.480 e. The number of carbonyl (C=O) groups is 1. The van der Waals surface area contributed by atoms with Gasteiger partial charge in [-0.05, 0) is 37.3 Å². The van der Waals surface area contributed by atoms with Gasteiger partial charge >= 0.3 is 5.97 Å². The first kappa shape index (κ1) is 14.1. The van der Waals surface area contributed by atoms with Gasteiger partial charge in [-0.25, -0.2) is 0 Å². The van der Waals surface area contributed by atoms with E-state index in [1.807, 2.05) is 30.3 Å². The number of carboxylic acid groups (broad SMARTS) is 1. The van der Waals surface area contributed by atoms with Gasteiger partial charge in [0.05, 0.1) is 0 Å². The number of nitrogens with one attached hydrogen (secondary N) is 1. The number of aliphatic carboxylic acids is 1. The van der Waals surface area contributed by atoms with Crippen LogP contribution in [0.1, 0.15) is 37.7 Å². The van der Waals surface area contributed by atoms with Crippen molar-refractivity contribution in [2.45, 2.75) is 44.6 Å². The Bertz CT molecular complexity index is 385. The van der Waals surface area contributed by atoms with Crippen LogP contribution in [0, 0.1) is 5.92 Å². The van der Waals surface area contributed by atoms with Crippen LogP contribution in [-0.2, 0) is 11.2 Å². The smallest absolute Gasteiger partial charge is 0.321 e. The van der Waals surface area contributed by atoms with E-state index in [0.717, 1.165) is 12.1 Å². The van der Waals surface area contributed by atoms with Crippen LogP contribution in [0.25, 0.3) is 0 Å². The Morgan fingerprint density at radius 2 is 1.89 bits per heavy atom. The molecule has 0 aromatic heterocycles. The SMILES string of the molecule is O=C(O)[C@H](Cc1ccccc1)NCC1CCCCC1. The van der Waals surface area contributed by atoms with E-state index in [2.05, 4.69) is 5.32 Å². The predicted molar refractivity (Wildman–Crippen MR) is 76.1 cm³/mol. The fourth-order valence-electron chi connectivity index (χ4n) is 2.80. The molecule has 1 atom stereocenters. The molecule has 2 rings (SSSR count). The maximum atomic E-state index is 11.3. The van der Waals surface area contributed by atoms with Crippen molar-refractivity contribution in [1.29, 1.82) is 0 Å². The zero-order chi connectivity index (χ0) is 13.5. The Morgan fingerprint density at radius 3 is 2.53 bits per heavy atom. The summed E-state index contributed by atoms with van der Waals surface area (Å²) in [7, 11) is 0. The van der Waals surface area contributed by atoms with Crippen LogP contribution in [0.3, 0.4) is 0 Å². The maximum Gasteiger partial charge on any atom is 0.321 e. The lowest BCUT2D eigenvalue weighted by Crippen LogP contribution is -2.41. The van der Waals surface area contributed by atoms with Gasteiger partial charge in [0.25, 0.3) is 0 Å². The molecule has 3 nitrogen and oxygen atoms in total. The predicted octanol–water partition coefficient (Wildman–Crippen LogP) is 2.85. The summed E-state index contributed by atoms with van der Waals surface area (Å²) in [4.78, 5) is 11.3. The lowest BCUT2D eigenvalue weighted by molar-refractivity contribution is -0.139. The Kier molecular flexibility index (Phi) is 5.40. The van der Waals surface area contributed by atoms with Crippen LogP contribution in [0.2, 0.25) is 0 Å². The minimum absolute atomic E-state index is 0.468. The summed E-state index contributed by atoms with van der Waals surface area (Å²) in [6.07, 6.45) is 6.96. The van der Waals surface area contributed by atoms with Gasteiger partial charge in [-0.3, -0.25) is 4.79 Å². The monoisotopic (exact) mass is 261 g/mol. The molecule has 1 saturated carbocycles. The van der Waals surface area contributed by atoms with Gasteiger partial charge in [0.1, 0.15) is 6.04 Å². The molecule has 0 unspecified atom stereocenters. The maximum absolute atomic E-state index is 11.3. The molecule has 104 valence electrons. The first-order chi connectivity index (χ1) is 9.25. The molecule has 0 amide bonds. The van der Waals surface area contributed by atoms with Crippen LogP contribution in [0.5, 0.6) is 0 Å². The Morgan fingerprint density at radius 1 is 1.21 bits per heavy atom. The van der Waals surface area contributed by atoms with Crippen molar-refractivity contribution >= 4 is 5.97 Å². The first-order valence-electron chi connectivity index (χ1n) is 7.26. The number of carboxylic acids is 1. The van der Waals surface area contributed by atoms with Crippen molar-refractivity contribution in [3.63, 3.8) is 0 Å². The summed E-state index contributed by atoms with van der Waals surface area (Å²) in [6.45, 7) is 0.837. The first-order valence-corrected chi connectivity index (χ1v) is 7.26. The molecule has 1 aliphatic rings. The fourth-order valence-corrected chi connectivity index (χ4v) is 2.80. The van der Waals surface area contributed by atoms with E-state index in [1.165, 1.54) is 32.1 Å². The number of benzene rings is 1. The van der Waals surface area contributed by atoms with Crippen molar-refractivity contribution in [3.05, 3.63) is 35.9 Å². The van der Waals surface area contributed by atoms with Crippen LogP contribution in [0.4, 0.5) is 0 Å².